The number of carbonyl (C=O) groups is 3. The van der Waals surface area contributed by atoms with Crippen molar-refractivity contribution in [2.75, 3.05) is 19.7 Å². The molecule has 8 nitrogen and oxygen atoms in total. The number of piperidine rings is 1. The predicted molar refractivity (Wildman–Crippen MR) is 129 cm³/mol. The van der Waals surface area contributed by atoms with Crippen LogP contribution in [0.5, 0.6) is 0 Å². The van der Waals surface area contributed by atoms with Gasteiger partial charge in [-0.25, -0.2) is 9.18 Å². The minimum Gasteiger partial charge on any atom is -0.461 e. The summed E-state index contributed by atoms with van der Waals surface area (Å²) in [7, 11) is 0. The summed E-state index contributed by atoms with van der Waals surface area (Å²) in [6.45, 7) is 4.79. The highest BCUT2D eigenvalue weighted by atomic mass is 32.2. The molecule has 0 bridgehead atoms. The van der Waals surface area contributed by atoms with Gasteiger partial charge in [0.05, 0.1) is 25.4 Å². The van der Waals surface area contributed by atoms with Crippen LogP contribution < -0.4 is 0 Å². The maximum atomic E-state index is 14.8. The standard InChI is InChI=1S/C25H29FN4O4S/c1-3-34-25(33)21-14-27-30(28-21)13-10-18-15-29(12-11-22(18)35-16(2)31)23(24(32)17-8-9-17)19-6-4-5-7-20(19)26/h4-7,10,14,17,22-23H,3,8-9,11-13,15H2,1-2H3/b18-10+. The van der Waals surface area contributed by atoms with E-state index in [9.17, 15) is 18.8 Å². The van der Waals surface area contributed by atoms with Crippen molar-refractivity contribution in [2.45, 2.75) is 50.9 Å². The fourth-order valence-electron chi connectivity index (χ4n) is 4.34. The monoisotopic (exact) mass is 500 g/mol. The van der Waals surface area contributed by atoms with E-state index in [4.69, 9.17) is 4.74 Å². The molecular weight excluding hydrogens is 471 g/mol. The molecular formula is C25H29FN4O4S. The van der Waals surface area contributed by atoms with E-state index in [0.717, 1.165) is 18.4 Å². The number of ketones is 1. The van der Waals surface area contributed by atoms with Gasteiger partial charge in [0.1, 0.15) is 5.82 Å². The molecule has 0 radical (unpaired) electrons. The van der Waals surface area contributed by atoms with Crippen LogP contribution in [0.3, 0.4) is 0 Å². The fraction of sp³-hybridized carbons (Fsp3) is 0.480. The second-order valence-corrected chi connectivity index (χ2v) is 10.1. The van der Waals surface area contributed by atoms with Gasteiger partial charge < -0.3 is 4.74 Å². The third-order valence-corrected chi connectivity index (χ3v) is 7.29. The van der Waals surface area contributed by atoms with Gasteiger partial charge in [0.25, 0.3) is 0 Å². The van der Waals surface area contributed by atoms with E-state index in [2.05, 4.69) is 10.2 Å². The van der Waals surface area contributed by atoms with Gasteiger partial charge in [-0.2, -0.15) is 9.90 Å². The predicted octanol–water partition coefficient (Wildman–Crippen LogP) is 3.59. The Morgan fingerprint density at radius 1 is 1.26 bits per heavy atom. The molecule has 2 heterocycles. The van der Waals surface area contributed by atoms with E-state index in [1.54, 1.807) is 25.1 Å². The molecule has 2 aliphatic rings. The molecule has 0 spiro atoms. The minimum atomic E-state index is -0.659. The van der Waals surface area contributed by atoms with Crippen LogP contribution in [0.25, 0.3) is 0 Å². The van der Waals surface area contributed by atoms with E-state index in [0.29, 0.717) is 31.6 Å². The van der Waals surface area contributed by atoms with Crippen molar-refractivity contribution in [1.29, 1.82) is 0 Å². The van der Waals surface area contributed by atoms with Gasteiger partial charge in [-0.1, -0.05) is 36.0 Å². The zero-order valence-electron chi connectivity index (χ0n) is 19.9. The molecule has 0 N–H and O–H groups in total. The molecule has 1 aromatic heterocycles. The summed E-state index contributed by atoms with van der Waals surface area (Å²) in [5.41, 5.74) is 1.48. The van der Waals surface area contributed by atoms with E-state index < -0.39 is 12.0 Å². The number of hydrogen-bond acceptors (Lipinski definition) is 8. The molecule has 2 fully saturated rings. The van der Waals surface area contributed by atoms with Gasteiger partial charge in [-0.3, -0.25) is 14.5 Å². The number of esters is 1. The maximum absolute atomic E-state index is 14.8. The first-order valence-electron chi connectivity index (χ1n) is 11.8. The van der Waals surface area contributed by atoms with E-state index >= 15 is 0 Å². The lowest BCUT2D eigenvalue weighted by Crippen LogP contribution is -2.43. The minimum absolute atomic E-state index is 0.0101. The lowest BCUT2D eigenvalue weighted by atomic mass is 9.93. The SMILES string of the molecule is CCOC(=O)c1cnn(C/C=C2\CN(C(C(=O)C3CC3)c3ccccc3F)CCC2SC(C)=O)n1. The fourth-order valence-corrected chi connectivity index (χ4v) is 5.28. The molecule has 4 rings (SSSR count). The number of ether oxygens (including phenoxy) is 1. The van der Waals surface area contributed by atoms with E-state index in [-0.39, 0.29) is 40.2 Å². The van der Waals surface area contributed by atoms with Crippen molar-refractivity contribution in [2.24, 2.45) is 5.92 Å². The van der Waals surface area contributed by atoms with Crippen LogP contribution in [0.15, 0.2) is 42.1 Å². The Bertz CT molecular complexity index is 1130. The second kappa shape index (κ2) is 11.3. The van der Waals surface area contributed by atoms with Crippen LogP contribution >= 0.6 is 11.8 Å². The van der Waals surface area contributed by atoms with Crippen molar-refractivity contribution in [3.8, 4) is 0 Å². The first-order valence-corrected chi connectivity index (χ1v) is 12.7. The van der Waals surface area contributed by atoms with Crippen LogP contribution in [-0.4, -0.2) is 61.7 Å². The Balaban J connectivity index is 1.57. The van der Waals surface area contributed by atoms with Gasteiger partial charge >= 0.3 is 5.97 Å². The second-order valence-electron chi connectivity index (χ2n) is 8.74. The highest BCUT2D eigenvalue weighted by molar-refractivity contribution is 8.14. The normalized spacial score (nSPS) is 20.5. The molecule has 1 saturated heterocycles. The highest BCUT2D eigenvalue weighted by Gasteiger charge is 2.41. The van der Waals surface area contributed by atoms with Gasteiger partial charge in [0, 0.05) is 36.7 Å². The van der Waals surface area contributed by atoms with Gasteiger partial charge in [0.15, 0.2) is 16.6 Å². The number of hydrogen-bond donors (Lipinski definition) is 0. The van der Waals surface area contributed by atoms with Gasteiger partial charge in [-0.15, -0.1) is 5.10 Å². The summed E-state index contributed by atoms with van der Waals surface area (Å²) in [5, 5.41) is 8.26. The number of allylic oxidation sites excluding steroid dienone is 1. The molecule has 10 heteroatoms. The van der Waals surface area contributed by atoms with Crippen LogP contribution in [0.1, 0.15) is 55.2 Å². The number of aromatic nitrogens is 3. The van der Waals surface area contributed by atoms with Crippen LogP contribution in [-0.2, 0) is 20.9 Å². The van der Waals surface area contributed by atoms with Crippen molar-refractivity contribution in [3.63, 3.8) is 0 Å². The Hall–Kier alpha value is -2.85. The zero-order chi connectivity index (χ0) is 24.9. The summed E-state index contributed by atoms with van der Waals surface area (Å²) in [6.07, 6.45) is 5.63. The summed E-state index contributed by atoms with van der Waals surface area (Å²) in [4.78, 5) is 40.4. The number of likely N-dealkylation sites (tertiary alicyclic amines) is 1. The number of thioether (sulfide) groups is 1. The van der Waals surface area contributed by atoms with E-state index in [1.807, 2.05) is 11.0 Å². The number of carbonyl (C=O) groups excluding carboxylic acids is 3. The Labute approximate surface area is 207 Å². The van der Waals surface area contributed by atoms with Crippen LogP contribution in [0, 0.1) is 11.7 Å². The average Bonchev–Trinajstić information content (AvgIpc) is 3.57. The number of halogens is 1. The zero-order valence-corrected chi connectivity index (χ0v) is 20.7. The van der Waals surface area contributed by atoms with Crippen molar-refractivity contribution < 1.29 is 23.5 Å². The molecule has 2 aromatic rings. The molecule has 1 aliphatic carbocycles. The maximum Gasteiger partial charge on any atom is 0.360 e. The largest absolute Gasteiger partial charge is 0.461 e. The van der Waals surface area contributed by atoms with E-state index in [1.165, 1.54) is 35.7 Å². The van der Waals surface area contributed by atoms with Crippen molar-refractivity contribution in [1.82, 2.24) is 19.9 Å². The molecule has 186 valence electrons. The Morgan fingerprint density at radius 3 is 2.71 bits per heavy atom. The molecule has 2 atom stereocenters. The molecule has 0 amide bonds. The quantitative estimate of drug-likeness (QED) is 0.381. The number of rotatable bonds is 9. The average molecular weight is 501 g/mol. The number of benzene rings is 1. The van der Waals surface area contributed by atoms with Crippen molar-refractivity contribution >= 4 is 28.6 Å². The Morgan fingerprint density at radius 2 is 2.03 bits per heavy atom. The lowest BCUT2D eigenvalue weighted by Gasteiger charge is -2.38. The molecule has 1 saturated carbocycles. The van der Waals surface area contributed by atoms with Crippen molar-refractivity contribution in [3.05, 3.63) is 59.2 Å². The smallest absolute Gasteiger partial charge is 0.360 e. The topological polar surface area (TPSA) is 94.4 Å². The first kappa shape index (κ1) is 25.2. The summed E-state index contributed by atoms with van der Waals surface area (Å²) >= 11 is 1.26. The summed E-state index contributed by atoms with van der Waals surface area (Å²) in [6, 6.07) is 5.80. The Kier molecular flexibility index (Phi) is 8.12. The molecule has 2 unspecified atom stereocenters. The van der Waals surface area contributed by atoms with Gasteiger partial charge in [0.2, 0.25) is 0 Å². The van der Waals surface area contributed by atoms with Crippen LogP contribution in [0.2, 0.25) is 0 Å². The molecule has 1 aromatic carbocycles. The lowest BCUT2D eigenvalue weighted by molar-refractivity contribution is -0.126. The molecule has 35 heavy (non-hydrogen) atoms. The molecule has 1 aliphatic heterocycles. The first-order chi connectivity index (χ1) is 16.9. The third-order valence-electron chi connectivity index (χ3n) is 6.14. The summed E-state index contributed by atoms with van der Waals surface area (Å²) < 4.78 is 19.7. The number of Topliss-reactive ketones (excluding diaryl/α,β-unsaturated/α-hetero) is 1. The summed E-state index contributed by atoms with van der Waals surface area (Å²) in [5.74, 6) is -0.887. The van der Waals surface area contributed by atoms with Gasteiger partial charge in [-0.05, 0) is 37.8 Å². The van der Waals surface area contributed by atoms with Crippen LogP contribution in [0.4, 0.5) is 4.39 Å². The third kappa shape index (κ3) is 6.24. The number of nitrogens with zero attached hydrogens (tertiary/aromatic N) is 4. The highest BCUT2D eigenvalue weighted by Crippen LogP contribution is 2.40.